The molecular formula is C12H19N5S. The van der Waals surface area contributed by atoms with Crippen molar-refractivity contribution >= 4 is 16.5 Å². The summed E-state index contributed by atoms with van der Waals surface area (Å²) in [5.41, 5.74) is 9.30. The lowest BCUT2D eigenvalue weighted by molar-refractivity contribution is 0.687. The van der Waals surface area contributed by atoms with E-state index in [0.29, 0.717) is 5.13 Å². The summed E-state index contributed by atoms with van der Waals surface area (Å²) < 4.78 is 1.94. The van der Waals surface area contributed by atoms with Gasteiger partial charge in [0.15, 0.2) is 5.13 Å². The summed E-state index contributed by atoms with van der Waals surface area (Å²) in [5, 5.41) is 8.45. The van der Waals surface area contributed by atoms with Gasteiger partial charge in [0.05, 0.1) is 5.69 Å². The van der Waals surface area contributed by atoms with Gasteiger partial charge in [-0.15, -0.1) is 11.3 Å². The fourth-order valence-corrected chi connectivity index (χ4v) is 2.66. The maximum absolute atomic E-state index is 5.58. The van der Waals surface area contributed by atoms with Crippen LogP contribution < -0.4 is 11.1 Å². The van der Waals surface area contributed by atoms with Crippen molar-refractivity contribution in [3.8, 4) is 0 Å². The molecule has 0 spiro atoms. The summed E-state index contributed by atoms with van der Waals surface area (Å²) in [7, 11) is 1.99. The van der Waals surface area contributed by atoms with Crippen LogP contribution in [-0.4, -0.2) is 21.3 Å². The van der Waals surface area contributed by atoms with Crippen LogP contribution in [0.4, 0.5) is 5.13 Å². The number of thiazole rings is 1. The van der Waals surface area contributed by atoms with Crippen molar-refractivity contribution in [1.29, 1.82) is 0 Å². The lowest BCUT2D eigenvalue weighted by Gasteiger charge is -2.03. The minimum absolute atomic E-state index is 0.630. The standard InChI is InChI=1S/C12H19N5S/c1-8-11(9(2)17(3)16-8)4-5-14-6-10-7-15-12(13)18-10/h7,14H,4-6H2,1-3H3,(H2,13,15). The number of nitrogens with zero attached hydrogens (tertiary/aromatic N) is 3. The van der Waals surface area contributed by atoms with Crippen molar-refractivity contribution < 1.29 is 0 Å². The van der Waals surface area contributed by atoms with Crippen LogP contribution in [0.15, 0.2) is 6.20 Å². The molecule has 98 valence electrons. The summed E-state index contributed by atoms with van der Waals surface area (Å²) in [6, 6.07) is 0. The van der Waals surface area contributed by atoms with Gasteiger partial charge in [0.1, 0.15) is 0 Å². The maximum Gasteiger partial charge on any atom is 0.180 e. The molecule has 0 fully saturated rings. The number of hydrogen-bond acceptors (Lipinski definition) is 5. The fourth-order valence-electron chi connectivity index (χ4n) is 2.01. The Morgan fingerprint density at radius 3 is 2.78 bits per heavy atom. The molecule has 18 heavy (non-hydrogen) atoms. The molecule has 0 amide bonds. The molecule has 0 radical (unpaired) electrons. The molecule has 2 heterocycles. The van der Waals surface area contributed by atoms with E-state index >= 15 is 0 Å². The number of nitrogen functional groups attached to an aromatic ring is 1. The smallest absolute Gasteiger partial charge is 0.180 e. The molecule has 2 aromatic heterocycles. The van der Waals surface area contributed by atoms with Crippen molar-refractivity contribution in [1.82, 2.24) is 20.1 Å². The van der Waals surface area contributed by atoms with Crippen LogP contribution in [0.2, 0.25) is 0 Å². The van der Waals surface area contributed by atoms with E-state index in [1.165, 1.54) is 27.5 Å². The minimum Gasteiger partial charge on any atom is -0.375 e. The van der Waals surface area contributed by atoms with Gasteiger partial charge in [-0.05, 0) is 32.4 Å². The zero-order valence-corrected chi connectivity index (χ0v) is 11.8. The highest BCUT2D eigenvalue weighted by Crippen LogP contribution is 2.14. The lowest BCUT2D eigenvalue weighted by Crippen LogP contribution is -2.16. The quantitative estimate of drug-likeness (QED) is 0.802. The van der Waals surface area contributed by atoms with E-state index in [9.17, 15) is 0 Å². The van der Waals surface area contributed by atoms with E-state index in [4.69, 9.17) is 5.73 Å². The molecule has 5 nitrogen and oxygen atoms in total. The Morgan fingerprint density at radius 1 is 1.44 bits per heavy atom. The molecule has 2 rings (SSSR count). The summed E-state index contributed by atoms with van der Waals surface area (Å²) in [6.45, 7) is 5.93. The third kappa shape index (κ3) is 2.88. The summed E-state index contributed by atoms with van der Waals surface area (Å²) in [4.78, 5) is 5.20. The van der Waals surface area contributed by atoms with Crippen LogP contribution in [-0.2, 0) is 20.0 Å². The summed E-state index contributed by atoms with van der Waals surface area (Å²) in [5.74, 6) is 0. The second-order valence-electron chi connectivity index (χ2n) is 4.36. The van der Waals surface area contributed by atoms with E-state index in [1.54, 1.807) is 0 Å². The first kappa shape index (κ1) is 13.0. The Morgan fingerprint density at radius 2 is 2.22 bits per heavy atom. The second-order valence-corrected chi connectivity index (χ2v) is 5.51. The highest BCUT2D eigenvalue weighted by Gasteiger charge is 2.08. The van der Waals surface area contributed by atoms with E-state index < -0.39 is 0 Å². The van der Waals surface area contributed by atoms with Crippen molar-refractivity contribution in [2.75, 3.05) is 12.3 Å². The molecular weight excluding hydrogens is 246 g/mol. The van der Waals surface area contributed by atoms with Crippen LogP contribution in [0, 0.1) is 13.8 Å². The highest BCUT2D eigenvalue weighted by atomic mass is 32.1. The normalized spacial score (nSPS) is 11.1. The van der Waals surface area contributed by atoms with Crippen LogP contribution in [0.5, 0.6) is 0 Å². The van der Waals surface area contributed by atoms with Crippen LogP contribution in [0.1, 0.15) is 21.8 Å². The topological polar surface area (TPSA) is 68.8 Å². The molecule has 6 heteroatoms. The largest absolute Gasteiger partial charge is 0.375 e. The zero-order valence-electron chi connectivity index (χ0n) is 11.0. The molecule has 0 aromatic carbocycles. The molecule has 0 unspecified atom stereocenters. The number of aromatic nitrogens is 3. The molecule has 0 aliphatic carbocycles. The SMILES string of the molecule is Cc1nn(C)c(C)c1CCNCc1cnc(N)s1. The van der Waals surface area contributed by atoms with E-state index in [0.717, 1.165) is 25.2 Å². The number of hydrogen-bond donors (Lipinski definition) is 2. The summed E-state index contributed by atoms with van der Waals surface area (Å²) >= 11 is 1.53. The van der Waals surface area contributed by atoms with Gasteiger partial charge in [-0.3, -0.25) is 4.68 Å². The number of nitrogens with two attached hydrogens (primary N) is 1. The maximum atomic E-state index is 5.58. The lowest BCUT2D eigenvalue weighted by atomic mass is 10.1. The monoisotopic (exact) mass is 265 g/mol. The number of rotatable bonds is 5. The third-order valence-electron chi connectivity index (χ3n) is 3.08. The van der Waals surface area contributed by atoms with E-state index in [-0.39, 0.29) is 0 Å². The zero-order chi connectivity index (χ0) is 13.1. The van der Waals surface area contributed by atoms with Crippen molar-refractivity contribution in [3.05, 3.63) is 28.0 Å². The molecule has 3 N–H and O–H groups in total. The Hall–Kier alpha value is -1.40. The fraction of sp³-hybridized carbons (Fsp3) is 0.500. The molecule has 0 saturated heterocycles. The Labute approximate surface area is 111 Å². The van der Waals surface area contributed by atoms with Crippen LogP contribution >= 0.6 is 11.3 Å². The first-order chi connectivity index (χ1) is 8.58. The molecule has 0 aliphatic rings. The second kappa shape index (κ2) is 5.49. The van der Waals surface area contributed by atoms with Gasteiger partial charge in [-0.1, -0.05) is 0 Å². The van der Waals surface area contributed by atoms with Crippen molar-refractivity contribution in [3.63, 3.8) is 0 Å². The Balaban J connectivity index is 1.82. The van der Waals surface area contributed by atoms with Gasteiger partial charge < -0.3 is 11.1 Å². The van der Waals surface area contributed by atoms with Crippen LogP contribution in [0.3, 0.4) is 0 Å². The minimum atomic E-state index is 0.630. The predicted octanol–water partition coefficient (Wildman–Crippen LogP) is 1.41. The number of anilines is 1. The van der Waals surface area contributed by atoms with E-state index in [2.05, 4.69) is 29.2 Å². The van der Waals surface area contributed by atoms with Gasteiger partial charge in [0, 0.05) is 30.4 Å². The number of nitrogens with one attached hydrogen (secondary N) is 1. The van der Waals surface area contributed by atoms with Crippen molar-refractivity contribution in [2.24, 2.45) is 7.05 Å². The molecule has 0 saturated carbocycles. The first-order valence-electron chi connectivity index (χ1n) is 5.98. The molecule has 0 bridgehead atoms. The van der Waals surface area contributed by atoms with Gasteiger partial charge >= 0.3 is 0 Å². The molecule has 2 aromatic rings. The van der Waals surface area contributed by atoms with Gasteiger partial charge in [0.2, 0.25) is 0 Å². The van der Waals surface area contributed by atoms with E-state index in [1.807, 2.05) is 17.9 Å². The highest BCUT2D eigenvalue weighted by molar-refractivity contribution is 7.15. The van der Waals surface area contributed by atoms with Gasteiger partial charge in [0.25, 0.3) is 0 Å². The Bertz CT molecular complexity index is 529. The molecule has 0 atom stereocenters. The average Bonchev–Trinajstić information content (AvgIpc) is 2.82. The van der Waals surface area contributed by atoms with Gasteiger partial charge in [-0.2, -0.15) is 5.10 Å². The summed E-state index contributed by atoms with van der Waals surface area (Å²) in [6.07, 6.45) is 2.83. The first-order valence-corrected chi connectivity index (χ1v) is 6.79. The number of aryl methyl sites for hydroxylation is 2. The van der Waals surface area contributed by atoms with Crippen LogP contribution in [0.25, 0.3) is 0 Å². The molecule has 0 aliphatic heterocycles. The van der Waals surface area contributed by atoms with Gasteiger partial charge in [-0.25, -0.2) is 4.98 Å². The predicted molar refractivity (Wildman–Crippen MR) is 74.6 cm³/mol. The Kier molecular flexibility index (Phi) is 3.98. The average molecular weight is 265 g/mol. The third-order valence-corrected chi connectivity index (χ3v) is 3.91. The van der Waals surface area contributed by atoms with Crippen molar-refractivity contribution in [2.45, 2.75) is 26.8 Å².